The molecule has 1 aromatic heterocycles. The maximum atomic E-state index is 11.9. The van der Waals surface area contributed by atoms with E-state index in [1.54, 1.807) is 13.8 Å². The van der Waals surface area contributed by atoms with Crippen LogP contribution in [-0.2, 0) is 22.7 Å². The third-order valence-electron chi connectivity index (χ3n) is 3.82. The molecule has 0 bridgehead atoms. The van der Waals surface area contributed by atoms with E-state index in [1.807, 2.05) is 64.3 Å². The number of nitrogens with zero attached hydrogens (tertiary/aromatic N) is 2. The molecule has 5 nitrogen and oxygen atoms in total. The monoisotopic (exact) mass is 338 g/mol. The number of anilines is 1. The molecule has 130 valence electrons. The average molecular weight is 338 g/mol. The van der Waals surface area contributed by atoms with Crippen molar-refractivity contribution in [3.05, 3.63) is 72.6 Å². The predicted octanol–water partition coefficient (Wildman–Crippen LogP) is 2.54. The number of hydrogen-bond acceptors (Lipinski definition) is 2. The third kappa shape index (κ3) is 5.88. The zero-order valence-electron chi connectivity index (χ0n) is 14.7. The Morgan fingerprint density at radius 1 is 1.08 bits per heavy atom. The van der Waals surface area contributed by atoms with Gasteiger partial charge < -0.3 is 10.2 Å². The van der Waals surface area contributed by atoms with Gasteiger partial charge in [-0.25, -0.2) is 4.57 Å². The van der Waals surface area contributed by atoms with Gasteiger partial charge in [0.1, 0.15) is 0 Å². The van der Waals surface area contributed by atoms with E-state index in [0.29, 0.717) is 24.4 Å². The van der Waals surface area contributed by atoms with Crippen LogP contribution in [0.2, 0.25) is 0 Å². The second-order valence-corrected chi connectivity index (χ2v) is 5.99. The van der Waals surface area contributed by atoms with Crippen molar-refractivity contribution >= 4 is 17.5 Å². The van der Waals surface area contributed by atoms with Gasteiger partial charge in [-0.3, -0.25) is 9.59 Å². The van der Waals surface area contributed by atoms with Crippen molar-refractivity contribution in [2.24, 2.45) is 0 Å². The van der Waals surface area contributed by atoms with Crippen LogP contribution < -0.4 is 9.88 Å². The first-order valence-corrected chi connectivity index (χ1v) is 8.21. The van der Waals surface area contributed by atoms with Crippen molar-refractivity contribution in [2.75, 3.05) is 11.9 Å². The quantitative estimate of drug-likeness (QED) is 0.623. The fraction of sp³-hybridized carbons (Fsp3) is 0.250. The van der Waals surface area contributed by atoms with Crippen molar-refractivity contribution in [1.82, 2.24) is 4.90 Å². The second-order valence-electron chi connectivity index (χ2n) is 5.99. The molecule has 0 unspecified atom stereocenters. The van der Waals surface area contributed by atoms with Gasteiger partial charge in [0.15, 0.2) is 18.9 Å². The van der Waals surface area contributed by atoms with Crippen molar-refractivity contribution in [3.63, 3.8) is 0 Å². The predicted molar refractivity (Wildman–Crippen MR) is 97.6 cm³/mol. The van der Waals surface area contributed by atoms with Crippen LogP contribution in [0.25, 0.3) is 0 Å². The zero-order valence-corrected chi connectivity index (χ0v) is 14.7. The minimum atomic E-state index is -0.196. The lowest BCUT2D eigenvalue weighted by Crippen LogP contribution is -2.41. The number of hydrogen-bond donors (Lipinski definition) is 1. The van der Waals surface area contributed by atoms with E-state index in [0.717, 1.165) is 12.1 Å². The molecule has 2 amide bonds. The van der Waals surface area contributed by atoms with Crippen LogP contribution in [0, 0.1) is 0 Å². The van der Waals surface area contributed by atoms with Crippen LogP contribution in [0.15, 0.2) is 67.0 Å². The van der Waals surface area contributed by atoms with E-state index in [4.69, 9.17) is 0 Å². The summed E-state index contributed by atoms with van der Waals surface area (Å²) in [6.45, 7) is 8.78. The average Bonchev–Trinajstić information content (AvgIpc) is 2.60. The van der Waals surface area contributed by atoms with Gasteiger partial charge in [-0.15, -0.1) is 0 Å². The van der Waals surface area contributed by atoms with Gasteiger partial charge in [-0.1, -0.05) is 24.8 Å². The Labute approximate surface area is 148 Å². The lowest BCUT2D eigenvalue weighted by molar-refractivity contribution is -0.696. The molecule has 5 heteroatoms. The maximum absolute atomic E-state index is 11.9. The van der Waals surface area contributed by atoms with Crippen LogP contribution in [-0.4, -0.2) is 23.3 Å². The highest BCUT2D eigenvalue weighted by Gasteiger charge is 2.12. The van der Waals surface area contributed by atoms with Gasteiger partial charge in [0.2, 0.25) is 5.91 Å². The van der Waals surface area contributed by atoms with Crippen molar-refractivity contribution < 1.29 is 14.2 Å². The number of carbonyl (C=O) groups is 2. The highest BCUT2D eigenvalue weighted by molar-refractivity contribution is 6.02. The van der Waals surface area contributed by atoms with Gasteiger partial charge in [0, 0.05) is 36.9 Å². The molecule has 0 spiro atoms. The van der Waals surface area contributed by atoms with Gasteiger partial charge in [-0.05, 0) is 24.6 Å². The molecule has 1 heterocycles. The molecular weight excluding hydrogens is 314 g/mol. The minimum Gasteiger partial charge on any atom is -0.332 e. The Hall–Kier alpha value is -2.95. The van der Waals surface area contributed by atoms with Crippen molar-refractivity contribution in [3.8, 4) is 0 Å². The van der Waals surface area contributed by atoms with E-state index in [1.165, 1.54) is 0 Å². The number of benzene rings is 1. The fourth-order valence-corrected chi connectivity index (χ4v) is 2.32. The summed E-state index contributed by atoms with van der Waals surface area (Å²) < 4.78 is 2.05. The summed E-state index contributed by atoms with van der Waals surface area (Å²) in [5.74, 6) is -0.158. The summed E-state index contributed by atoms with van der Waals surface area (Å²) in [5.41, 5.74) is 2.19. The van der Waals surface area contributed by atoms with Gasteiger partial charge >= 0.3 is 0 Å². The maximum Gasteiger partial charge on any atom is 0.250 e. The van der Waals surface area contributed by atoms with E-state index in [2.05, 4.69) is 11.9 Å². The number of pyridine rings is 1. The number of rotatable bonds is 7. The fourth-order valence-electron chi connectivity index (χ4n) is 2.32. The first-order chi connectivity index (χ1) is 12.0. The Kier molecular flexibility index (Phi) is 6.46. The molecule has 0 saturated heterocycles. The highest BCUT2D eigenvalue weighted by atomic mass is 16.2. The summed E-state index contributed by atoms with van der Waals surface area (Å²) >= 11 is 0. The van der Waals surface area contributed by atoms with E-state index < -0.39 is 0 Å². The lowest BCUT2D eigenvalue weighted by Gasteiger charge is -2.20. The molecule has 1 N–H and O–H groups in total. The first-order valence-electron chi connectivity index (χ1n) is 8.21. The second kappa shape index (κ2) is 8.78. The Balaban J connectivity index is 1.96. The molecule has 0 aliphatic carbocycles. The van der Waals surface area contributed by atoms with Gasteiger partial charge in [0.05, 0.1) is 6.54 Å². The Morgan fingerprint density at radius 2 is 1.72 bits per heavy atom. The summed E-state index contributed by atoms with van der Waals surface area (Å²) in [7, 11) is 0. The molecule has 0 fully saturated rings. The molecule has 2 aromatic rings. The van der Waals surface area contributed by atoms with Gasteiger partial charge in [0.25, 0.3) is 5.91 Å². The molecule has 1 aromatic carbocycles. The number of aromatic nitrogens is 1. The Bertz CT molecular complexity index is 739. The summed E-state index contributed by atoms with van der Waals surface area (Å²) in [5, 5.41) is 2.77. The number of amides is 2. The van der Waals surface area contributed by atoms with E-state index in [-0.39, 0.29) is 11.8 Å². The molecular formula is C20H24N3O2+. The number of carbonyl (C=O) groups excluding carboxylic acids is 2. The SMILES string of the molecule is C=C(C)C(=O)Nc1ccc(CN(CC[n+]2ccccc2)C(C)=O)cc1. The van der Waals surface area contributed by atoms with E-state index in [9.17, 15) is 9.59 Å². The molecule has 25 heavy (non-hydrogen) atoms. The molecule has 0 radical (unpaired) electrons. The molecule has 0 atom stereocenters. The molecule has 0 saturated carbocycles. The van der Waals surface area contributed by atoms with Gasteiger partial charge in [-0.2, -0.15) is 0 Å². The lowest BCUT2D eigenvalue weighted by atomic mass is 10.2. The van der Waals surface area contributed by atoms with Crippen LogP contribution in [0.4, 0.5) is 5.69 Å². The molecule has 0 aliphatic heterocycles. The van der Waals surface area contributed by atoms with E-state index >= 15 is 0 Å². The normalized spacial score (nSPS) is 10.2. The summed E-state index contributed by atoms with van der Waals surface area (Å²) in [4.78, 5) is 25.3. The highest BCUT2D eigenvalue weighted by Crippen LogP contribution is 2.12. The smallest absolute Gasteiger partial charge is 0.250 e. The van der Waals surface area contributed by atoms with Crippen molar-refractivity contribution in [1.29, 1.82) is 0 Å². The summed E-state index contributed by atoms with van der Waals surface area (Å²) in [6.07, 6.45) is 3.97. The Morgan fingerprint density at radius 3 is 2.28 bits per heavy atom. The van der Waals surface area contributed by atoms with Crippen molar-refractivity contribution in [2.45, 2.75) is 26.9 Å². The third-order valence-corrected chi connectivity index (χ3v) is 3.82. The first kappa shape index (κ1) is 18.4. The molecule has 0 aliphatic rings. The minimum absolute atomic E-state index is 0.0381. The van der Waals surface area contributed by atoms with Crippen LogP contribution in [0.1, 0.15) is 19.4 Å². The van der Waals surface area contributed by atoms with Crippen LogP contribution in [0.3, 0.4) is 0 Å². The standard InChI is InChI=1S/C20H23N3O2/c1-16(2)20(25)21-19-9-7-18(8-10-19)15-23(17(3)24)14-13-22-11-5-4-6-12-22/h4-12H,1,13-15H2,2-3H3/p+1. The van der Waals surface area contributed by atoms with Crippen LogP contribution >= 0.6 is 0 Å². The zero-order chi connectivity index (χ0) is 18.2. The topological polar surface area (TPSA) is 53.3 Å². The molecule has 2 rings (SSSR count). The summed E-state index contributed by atoms with van der Waals surface area (Å²) in [6, 6.07) is 13.4. The van der Waals surface area contributed by atoms with Crippen LogP contribution in [0.5, 0.6) is 0 Å². The number of nitrogens with one attached hydrogen (secondary N) is 1. The largest absolute Gasteiger partial charge is 0.332 e.